The Morgan fingerprint density at radius 1 is 1.09 bits per heavy atom. The van der Waals surface area contributed by atoms with Crippen LogP contribution in [0.5, 0.6) is 5.75 Å². The molecule has 0 atom stereocenters. The van der Waals surface area contributed by atoms with Gasteiger partial charge in [0.1, 0.15) is 11.6 Å². The molecule has 4 rings (SSSR count). The maximum absolute atomic E-state index is 14.5. The van der Waals surface area contributed by atoms with Crippen LogP contribution >= 0.6 is 11.8 Å². The molecule has 0 bridgehead atoms. The molecule has 0 saturated heterocycles. The first-order valence-corrected chi connectivity index (χ1v) is 10.8. The van der Waals surface area contributed by atoms with E-state index in [4.69, 9.17) is 4.74 Å². The van der Waals surface area contributed by atoms with Crippen molar-refractivity contribution in [3.63, 3.8) is 0 Å². The first-order valence-electron chi connectivity index (χ1n) is 9.86. The summed E-state index contributed by atoms with van der Waals surface area (Å²) in [6.45, 7) is 0.335. The predicted octanol–water partition coefficient (Wildman–Crippen LogP) is 3.94. The number of hydrogen-bond acceptors (Lipinski definition) is 5. The van der Waals surface area contributed by atoms with Crippen LogP contribution in [-0.2, 0) is 11.3 Å². The van der Waals surface area contributed by atoms with Gasteiger partial charge < -0.3 is 10.1 Å². The molecule has 4 aromatic rings. The number of ether oxygens (including phenoxy) is 1. The maximum Gasteiger partial charge on any atom is 0.266 e. The van der Waals surface area contributed by atoms with Gasteiger partial charge in [-0.1, -0.05) is 48.2 Å². The van der Waals surface area contributed by atoms with Gasteiger partial charge in [-0.15, -0.1) is 0 Å². The molecule has 0 saturated carbocycles. The Hall–Kier alpha value is -3.65. The molecule has 6 nitrogen and oxygen atoms in total. The predicted molar refractivity (Wildman–Crippen MR) is 123 cm³/mol. The van der Waals surface area contributed by atoms with Gasteiger partial charge in [-0.25, -0.2) is 9.37 Å². The molecule has 162 valence electrons. The Morgan fingerprint density at radius 2 is 1.88 bits per heavy atom. The molecule has 0 aliphatic heterocycles. The Bertz CT molecular complexity index is 1340. The van der Waals surface area contributed by atoms with Gasteiger partial charge in [0, 0.05) is 6.54 Å². The number of methoxy groups -OCH3 is 1. The fraction of sp³-hybridized carbons (Fsp3) is 0.125. The van der Waals surface area contributed by atoms with Crippen LogP contribution in [-0.4, -0.2) is 28.3 Å². The van der Waals surface area contributed by atoms with Crippen molar-refractivity contribution in [2.24, 2.45) is 0 Å². The lowest BCUT2D eigenvalue weighted by Crippen LogP contribution is -2.26. The first kappa shape index (κ1) is 21.6. The molecule has 1 N–H and O–H groups in total. The SMILES string of the molecule is COc1cccc(CNC(=O)CSc2nc3ccccc3c(=O)n2-c2ccccc2F)c1. The summed E-state index contributed by atoms with van der Waals surface area (Å²) in [5.41, 5.74) is 1.09. The third kappa shape index (κ3) is 4.65. The molecule has 0 spiro atoms. The van der Waals surface area contributed by atoms with Gasteiger partial charge in [0.25, 0.3) is 5.56 Å². The topological polar surface area (TPSA) is 73.2 Å². The number of hydrogen-bond donors (Lipinski definition) is 1. The number of benzene rings is 3. The van der Waals surface area contributed by atoms with Crippen molar-refractivity contribution in [3.8, 4) is 11.4 Å². The zero-order valence-electron chi connectivity index (χ0n) is 17.2. The van der Waals surface area contributed by atoms with Gasteiger partial charge in [0.2, 0.25) is 5.91 Å². The lowest BCUT2D eigenvalue weighted by atomic mass is 10.2. The Balaban J connectivity index is 1.58. The highest BCUT2D eigenvalue weighted by molar-refractivity contribution is 7.99. The molecule has 0 fully saturated rings. The van der Waals surface area contributed by atoms with E-state index in [2.05, 4.69) is 10.3 Å². The van der Waals surface area contributed by atoms with Gasteiger partial charge in [-0.3, -0.25) is 14.2 Å². The molecule has 1 amide bonds. The van der Waals surface area contributed by atoms with Crippen LogP contribution in [0.2, 0.25) is 0 Å². The number of nitrogens with zero attached hydrogens (tertiary/aromatic N) is 2. The number of rotatable bonds is 7. The highest BCUT2D eigenvalue weighted by Crippen LogP contribution is 2.22. The Morgan fingerprint density at radius 3 is 2.69 bits per heavy atom. The number of thioether (sulfide) groups is 1. The van der Waals surface area contributed by atoms with Crippen LogP contribution in [0.3, 0.4) is 0 Å². The second kappa shape index (κ2) is 9.65. The minimum Gasteiger partial charge on any atom is -0.497 e. The molecule has 0 aliphatic rings. The quantitative estimate of drug-likeness (QED) is 0.342. The molecular weight excluding hydrogens is 429 g/mol. The van der Waals surface area contributed by atoms with Crippen LogP contribution in [0, 0.1) is 5.82 Å². The van der Waals surface area contributed by atoms with E-state index < -0.39 is 5.82 Å². The number of carbonyl (C=O) groups is 1. The van der Waals surface area contributed by atoms with Crippen molar-refractivity contribution in [2.45, 2.75) is 11.7 Å². The second-order valence-electron chi connectivity index (χ2n) is 6.92. The van der Waals surface area contributed by atoms with E-state index >= 15 is 0 Å². The fourth-order valence-electron chi connectivity index (χ4n) is 3.22. The molecule has 3 aromatic carbocycles. The fourth-order valence-corrected chi connectivity index (χ4v) is 4.05. The molecule has 1 heterocycles. The van der Waals surface area contributed by atoms with Crippen molar-refractivity contribution < 1.29 is 13.9 Å². The van der Waals surface area contributed by atoms with E-state index in [1.165, 1.54) is 16.7 Å². The Labute approximate surface area is 188 Å². The van der Waals surface area contributed by atoms with Gasteiger partial charge in [-0.2, -0.15) is 0 Å². The van der Waals surface area contributed by atoms with Crippen LogP contribution in [0.15, 0.2) is 82.7 Å². The lowest BCUT2D eigenvalue weighted by molar-refractivity contribution is -0.118. The highest BCUT2D eigenvalue weighted by atomic mass is 32.2. The molecule has 1 aromatic heterocycles. The summed E-state index contributed by atoms with van der Waals surface area (Å²) >= 11 is 1.08. The minimum atomic E-state index is -0.545. The average Bonchev–Trinajstić information content (AvgIpc) is 2.82. The molecule has 0 radical (unpaired) electrons. The zero-order chi connectivity index (χ0) is 22.5. The minimum absolute atomic E-state index is 0.0171. The summed E-state index contributed by atoms with van der Waals surface area (Å²) in [5.74, 6) is -0.0554. The maximum atomic E-state index is 14.5. The van der Waals surface area contributed by atoms with Crippen molar-refractivity contribution in [3.05, 3.63) is 94.5 Å². The number of carbonyl (C=O) groups excluding carboxylic acids is 1. The largest absolute Gasteiger partial charge is 0.497 e. The average molecular weight is 450 g/mol. The van der Waals surface area contributed by atoms with E-state index in [1.54, 1.807) is 43.5 Å². The van der Waals surface area contributed by atoms with Crippen LogP contribution in [0.4, 0.5) is 4.39 Å². The monoisotopic (exact) mass is 449 g/mol. The Kier molecular flexibility index (Phi) is 6.51. The summed E-state index contributed by atoms with van der Waals surface area (Å²) in [4.78, 5) is 30.1. The van der Waals surface area contributed by atoms with Gasteiger partial charge in [-0.05, 0) is 42.0 Å². The number of fused-ring (bicyclic) bond motifs is 1. The number of nitrogens with one attached hydrogen (secondary N) is 1. The number of halogens is 1. The number of para-hydroxylation sites is 2. The summed E-state index contributed by atoms with van der Waals surface area (Å²) < 4.78 is 20.9. The van der Waals surface area contributed by atoms with Crippen molar-refractivity contribution in [1.82, 2.24) is 14.9 Å². The molecular formula is C24H20FN3O3S. The van der Waals surface area contributed by atoms with Crippen LogP contribution < -0.4 is 15.6 Å². The standard InChI is InChI=1S/C24H20FN3O3S/c1-31-17-8-6-7-16(13-17)14-26-22(29)15-32-24-27-20-11-4-2-9-18(20)23(30)28(24)21-12-5-3-10-19(21)25/h2-13H,14-15H2,1H3,(H,26,29). The van der Waals surface area contributed by atoms with Gasteiger partial charge in [0.15, 0.2) is 5.16 Å². The second-order valence-corrected chi connectivity index (χ2v) is 7.86. The van der Waals surface area contributed by atoms with Crippen molar-refractivity contribution >= 4 is 28.6 Å². The van der Waals surface area contributed by atoms with Crippen LogP contribution in [0.1, 0.15) is 5.56 Å². The molecule has 32 heavy (non-hydrogen) atoms. The zero-order valence-corrected chi connectivity index (χ0v) is 18.1. The normalized spacial score (nSPS) is 10.8. The summed E-state index contributed by atoms with van der Waals surface area (Å²) in [6.07, 6.45) is 0. The van der Waals surface area contributed by atoms with Gasteiger partial charge in [0.05, 0.1) is 29.5 Å². The van der Waals surface area contributed by atoms with E-state index in [-0.39, 0.29) is 28.1 Å². The summed E-state index contributed by atoms with van der Waals surface area (Å²) in [6, 6.07) is 20.3. The van der Waals surface area contributed by atoms with Crippen LogP contribution in [0.25, 0.3) is 16.6 Å². The first-order chi connectivity index (χ1) is 15.6. The summed E-state index contributed by atoms with van der Waals surface area (Å²) in [7, 11) is 1.58. The van der Waals surface area contributed by atoms with E-state index in [1.807, 2.05) is 24.3 Å². The third-order valence-electron chi connectivity index (χ3n) is 4.79. The van der Waals surface area contributed by atoms with Crippen molar-refractivity contribution in [1.29, 1.82) is 0 Å². The number of amides is 1. The van der Waals surface area contributed by atoms with E-state index in [0.29, 0.717) is 23.2 Å². The smallest absolute Gasteiger partial charge is 0.266 e. The number of aromatic nitrogens is 2. The van der Waals surface area contributed by atoms with Crippen molar-refractivity contribution in [2.75, 3.05) is 12.9 Å². The molecule has 0 unspecified atom stereocenters. The van der Waals surface area contributed by atoms with Gasteiger partial charge >= 0.3 is 0 Å². The highest BCUT2D eigenvalue weighted by Gasteiger charge is 2.17. The van der Waals surface area contributed by atoms with E-state index in [9.17, 15) is 14.0 Å². The third-order valence-corrected chi connectivity index (χ3v) is 5.73. The molecule has 0 aliphatic carbocycles. The summed E-state index contributed by atoms with van der Waals surface area (Å²) in [5, 5.41) is 3.46. The van der Waals surface area contributed by atoms with E-state index in [0.717, 1.165) is 17.3 Å². The molecule has 8 heteroatoms. The lowest BCUT2D eigenvalue weighted by Gasteiger charge is -2.14.